The lowest BCUT2D eigenvalue weighted by molar-refractivity contribution is -0.125. The van der Waals surface area contributed by atoms with Crippen molar-refractivity contribution < 1.29 is 9.21 Å². The number of hydrogen-bond donors (Lipinski definition) is 1. The van der Waals surface area contributed by atoms with Gasteiger partial charge >= 0.3 is 0 Å². The van der Waals surface area contributed by atoms with Gasteiger partial charge in [-0.1, -0.05) is 0 Å². The molecule has 1 atom stereocenters. The maximum atomic E-state index is 12.4. The molecule has 1 unspecified atom stereocenters. The Morgan fingerprint density at radius 3 is 3.20 bits per heavy atom. The lowest BCUT2D eigenvalue weighted by atomic mass is 9.97. The minimum Gasteiger partial charge on any atom is -0.468 e. The molecule has 0 aromatic carbocycles. The van der Waals surface area contributed by atoms with Gasteiger partial charge in [-0.3, -0.25) is 4.79 Å². The lowest BCUT2D eigenvalue weighted by Crippen LogP contribution is -2.44. The summed E-state index contributed by atoms with van der Waals surface area (Å²) >= 11 is 1.76. The van der Waals surface area contributed by atoms with Crippen LogP contribution in [0.4, 0.5) is 5.95 Å². The van der Waals surface area contributed by atoms with Gasteiger partial charge in [0.25, 0.3) is 0 Å². The Hall–Kier alpha value is -2.02. The highest BCUT2D eigenvalue weighted by atomic mass is 32.2. The van der Waals surface area contributed by atoms with Crippen LogP contribution in [0.5, 0.6) is 0 Å². The van der Waals surface area contributed by atoms with Crippen LogP contribution >= 0.6 is 11.8 Å². The number of amides is 1. The molecule has 0 spiro atoms. The van der Waals surface area contributed by atoms with Crippen LogP contribution in [0.15, 0.2) is 35.1 Å². The van der Waals surface area contributed by atoms with Gasteiger partial charge in [0.2, 0.25) is 11.9 Å². The SMILES string of the molecule is Cc1ccnc(N2CCCC(C(=O)NCCSCc3ccco3)C2)n1. The van der Waals surface area contributed by atoms with Gasteiger partial charge in [0.05, 0.1) is 17.9 Å². The minimum atomic E-state index is 0.00735. The number of nitrogens with one attached hydrogen (secondary N) is 1. The van der Waals surface area contributed by atoms with Gasteiger partial charge < -0.3 is 14.6 Å². The van der Waals surface area contributed by atoms with Crippen LogP contribution in [-0.2, 0) is 10.5 Å². The van der Waals surface area contributed by atoms with Crippen LogP contribution in [0.3, 0.4) is 0 Å². The van der Waals surface area contributed by atoms with Crippen molar-refractivity contribution in [1.82, 2.24) is 15.3 Å². The first-order valence-electron chi connectivity index (χ1n) is 8.65. The van der Waals surface area contributed by atoms with Crippen LogP contribution in [0, 0.1) is 12.8 Å². The molecule has 0 bridgehead atoms. The maximum Gasteiger partial charge on any atom is 0.225 e. The number of anilines is 1. The van der Waals surface area contributed by atoms with Crippen molar-refractivity contribution in [2.75, 3.05) is 30.3 Å². The molecule has 1 aliphatic heterocycles. The molecule has 0 radical (unpaired) electrons. The highest BCUT2D eigenvalue weighted by Crippen LogP contribution is 2.20. The normalized spacial score (nSPS) is 17.5. The zero-order chi connectivity index (χ0) is 17.5. The first-order valence-corrected chi connectivity index (χ1v) is 9.80. The Bertz CT molecular complexity index is 677. The predicted octanol–water partition coefficient (Wildman–Crippen LogP) is 2.64. The number of carbonyl (C=O) groups is 1. The molecular formula is C18H24N4O2S. The van der Waals surface area contributed by atoms with Gasteiger partial charge in [0, 0.05) is 37.3 Å². The van der Waals surface area contributed by atoms with Crippen molar-refractivity contribution in [2.45, 2.75) is 25.5 Å². The van der Waals surface area contributed by atoms with E-state index in [2.05, 4.69) is 20.2 Å². The average molecular weight is 360 g/mol. The fourth-order valence-electron chi connectivity index (χ4n) is 2.92. The van der Waals surface area contributed by atoms with Gasteiger partial charge in [-0.05, 0) is 38.0 Å². The van der Waals surface area contributed by atoms with E-state index >= 15 is 0 Å². The molecule has 2 aromatic heterocycles. The van der Waals surface area contributed by atoms with Gasteiger partial charge in [-0.15, -0.1) is 0 Å². The number of carbonyl (C=O) groups excluding carboxylic acids is 1. The van der Waals surface area contributed by atoms with Gasteiger partial charge in [0.15, 0.2) is 0 Å². The molecule has 1 aliphatic rings. The van der Waals surface area contributed by atoms with E-state index in [1.165, 1.54) is 0 Å². The molecule has 3 rings (SSSR count). The monoisotopic (exact) mass is 360 g/mol. The standard InChI is InChI=1S/C18H24N4O2S/c1-14-6-7-20-18(21-14)22-9-2-4-15(12-22)17(23)19-8-11-25-13-16-5-3-10-24-16/h3,5-7,10,15H,2,4,8-9,11-13H2,1H3,(H,19,23). The third-order valence-corrected chi connectivity index (χ3v) is 5.21. The summed E-state index contributed by atoms with van der Waals surface area (Å²) in [6.07, 6.45) is 5.37. The van der Waals surface area contributed by atoms with E-state index < -0.39 is 0 Å². The fourth-order valence-corrected chi connectivity index (χ4v) is 3.68. The van der Waals surface area contributed by atoms with Crippen molar-refractivity contribution in [1.29, 1.82) is 0 Å². The van der Waals surface area contributed by atoms with Crippen LogP contribution in [0.25, 0.3) is 0 Å². The predicted molar refractivity (Wildman–Crippen MR) is 99.6 cm³/mol. The molecule has 7 heteroatoms. The summed E-state index contributed by atoms with van der Waals surface area (Å²) in [5.41, 5.74) is 0.949. The third kappa shape index (κ3) is 5.22. The molecule has 2 aromatic rings. The van der Waals surface area contributed by atoms with Crippen LogP contribution in [0.2, 0.25) is 0 Å². The zero-order valence-corrected chi connectivity index (χ0v) is 15.3. The number of furan rings is 1. The van der Waals surface area contributed by atoms with E-state index in [-0.39, 0.29) is 11.8 Å². The van der Waals surface area contributed by atoms with E-state index in [1.807, 2.05) is 25.1 Å². The van der Waals surface area contributed by atoms with Crippen molar-refractivity contribution in [2.24, 2.45) is 5.92 Å². The molecule has 1 fully saturated rings. The quantitative estimate of drug-likeness (QED) is 0.766. The highest BCUT2D eigenvalue weighted by molar-refractivity contribution is 7.98. The highest BCUT2D eigenvalue weighted by Gasteiger charge is 2.26. The Morgan fingerprint density at radius 2 is 2.40 bits per heavy atom. The topological polar surface area (TPSA) is 71.3 Å². The molecule has 1 saturated heterocycles. The largest absolute Gasteiger partial charge is 0.468 e. The summed E-state index contributed by atoms with van der Waals surface area (Å²) in [4.78, 5) is 23.4. The van der Waals surface area contributed by atoms with E-state index in [0.717, 1.165) is 48.3 Å². The van der Waals surface area contributed by atoms with Crippen molar-refractivity contribution >= 4 is 23.6 Å². The minimum absolute atomic E-state index is 0.00735. The summed E-state index contributed by atoms with van der Waals surface area (Å²) in [6, 6.07) is 5.75. The molecule has 3 heterocycles. The van der Waals surface area contributed by atoms with E-state index in [9.17, 15) is 4.79 Å². The number of aromatic nitrogens is 2. The maximum absolute atomic E-state index is 12.4. The molecular weight excluding hydrogens is 336 g/mol. The fraction of sp³-hybridized carbons (Fsp3) is 0.500. The molecule has 0 saturated carbocycles. The number of thioether (sulfide) groups is 1. The number of hydrogen-bond acceptors (Lipinski definition) is 6. The summed E-state index contributed by atoms with van der Waals surface area (Å²) in [7, 11) is 0. The molecule has 6 nitrogen and oxygen atoms in total. The van der Waals surface area contributed by atoms with Crippen molar-refractivity contribution in [3.8, 4) is 0 Å². The molecule has 1 N–H and O–H groups in total. The Balaban J connectivity index is 1.41. The summed E-state index contributed by atoms with van der Waals surface area (Å²) in [6.45, 7) is 4.24. The number of nitrogens with zero attached hydrogens (tertiary/aromatic N) is 3. The van der Waals surface area contributed by atoms with Gasteiger partial charge in [-0.2, -0.15) is 11.8 Å². The number of rotatable bonds is 7. The number of piperidine rings is 1. The Morgan fingerprint density at radius 1 is 1.48 bits per heavy atom. The first kappa shape index (κ1) is 17.8. The van der Waals surface area contributed by atoms with Gasteiger partial charge in [0.1, 0.15) is 5.76 Å². The Labute approximate surface area is 152 Å². The molecule has 134 valence electrons. The summed E-state index contributed by atoms with van der Waals surface area (Å²) in [5, 5.41) is 3.06. The second-order valence-corrected chi connectivity index (χ2v) is 7.31. The molecule has 25 heavy (non-hydrogen) atoms. The molecule has 1 amide bonds. The van der Waals surface area contributed by atoms with Crippen LogP contribution in [0.1, 0.15) is 24.3 Å². The third-order valence-electron chi connectivity index (χ3n) is 4.23. The van der Waals surface area contributed by atoms with E-state index in [1.54, 1.807) is 24.2 Å². The van der Waals surface area contributed by atoms with Crippen LogP contribution in [-0.4, -0.2) is 41.3 Å². The smallest absolute Gasteiger partial charge is 0.225 e. The molecule has 0 aliphatic carbocycles. The first-order chi connectivity index (χ1) is 12.2. The lowest BCUT2D eigenvalue weighted by Gasteiger charge is -2.32. The average Bonchev–Trinajstić information content (AvgIpc) is 3.15. The van der Waals surface area contributed by atoms with E-state index in [0.29, 0.717) is 13.1 Å². The zero-order valence-electron chi connectivity index (χ0n) is 14.5. The van der Waals surface area contributed by atoms with Gasteiger partial charge in [-0.25, -0.2) is 9.97 Å². The van der Waals surface area contributed by atoms with Crippen LogP contribution < -0.4 is 10.2 Å². The summed E-state index contributed by atoms with van der Waals surface area (Å²) in [5.74, 6) is 3.56. The Kier molecular flexibility index (Phi) is 6.33. The van der Waals surface area contributed by atoms with Crippen molar-refractivity contribution in [3.05, 3.63) is 42.1 Å². The second-order valence-electron chi connectivity index (χ2n) is 6.21. The van der Waals surface area contributed by atoms with Crippen molar-refractivity contribution in [3.63, 3.8) is 0 Å². The summed E-state index contributed by atoms with van der Waals surface area (Å²) < 4.78 is 5.29. The second kappa shape index (κ2) is 8.89. The number of aryl methyl sites for hydroxylation is 1. The van der Waals surface area contributed by atoms with E-state index in [4.69, 9.17) is 4.42 Å².